The Bertz CT molecular complexity index is 451. The van der Waals surface area contributed by atoms with Gasteiger partial charge >= 0.3 is 5.97 Å². The molecule has 0 radical (unpaired) electrons. The minimum atomic E-state index is -0.573. The molecule has 7 heteroatoms. The van der Waals surface area contributed by atoms with Crippen LogP contribution in [0.5, 0.6) is 0 Å². The minimum Gasteiger partial charge on any atom is -0.464 e. The summed E-state index contributed by atoms with van der Waals surface area (Å²) in [7, 11) is 1.28. The van der Waals surface area contributed by atoms with Gasteiger partial charge in [-0.1, -0.05) is 11.6 Å². The zero-order valence-electron chi connectivity index (χ0n) is 7.57. The summed E-state index contributed by atoms with van der Waals surface area (Å²) in [5, 5.41) is 0.222. The van der Waals surface area contributed by atoms with Crippen molar-refractivity contribution >= 4 is 45.3 Å². The average Bonchev–Trinajstić information content (AvgIpc) is 2.60. The summed E-state index contributed by atoms with van der Waals surface area (Å²) in [5.41, 5.74) is 0.724. The predicted molar refractivity (Wildman–Crippen MR) is 57.9 cm³/mol. The molecule has 2 rings (SSSR count). The van der Waals surface area contributed by atoms with Crippen LogP contribution in [-0.2, 0) is 9.53 Å². The van der Waals surface area contributed by atoms with Gasteiger partial charge in [-0.25, -0.2) is 19.8 Å². The van der Waals surface area contributed by atoms with Gasteiger partial charge in [0.2, 0.25) is 5.29 Å². The molecule has 0 fully saturated rings. The van der Waals surface area contributed by atoms with Crippen molar-refractivity contribution < 1.29 is 9.53 Å². The summed E-state index contributed by atoms with van der Waals surface area (Å²) in [6, 6.07) is 0. The first-order chi connectivity index (χ1) is 7.11. The van der Waals surface area contributed by atoms with Crippen molar-refractivity contribution in [2.24, 2.45) is 15.0 Å². The molecule has 0 bridgehead atoms. The Kier molecular flexibility index (Phi) is 2.58. The van der Waals surface area contributed by atoms with Crippen LogP contribution in [0, 0.1) is 0 Å². The molecule has 1 atom stereocenters. The fourth-order valence-electron chi connectivity index (χ4n) is 1.22. The van der Waals surface area contributed by atoms with Crippen LogP contribution >= 0.6 is 23.2 Å². The maximum atomic E-state index is 11.2. The van der Waals surface area contributed by atoms with E-state index in [1.165, 1.54) is 13.2 Å². The first-order valence-electron chi connectivity index (χ1n) is 3.97. The topological polar surface area (TPSA) is 63.4 Å². The highest BCUT2D eigenvalue weighted by molar-refractivity contribution is 6.75. The molecule has 0 saturated carbocycles. The van der Waals surface area contributed by atoms with Gasteiger partial charge in [-0.2, -0.15) is 0 Å². The summed E-state index contributed by atoms with van der Waals surface area (Å²) in [6.45, 7) is 0. The second kappa shape index (κ2) is 3.75. The number of esters is 1. The molecule has 0 N–H and O–H groups in total. The van der Waals surface area contributed by atoms with Gasteiger partial charge in [0, 0.05) is 5.57 Å². The lowest BCUT2D eigenvalue weighted by Gasteiger charge is -2.10. The molecule has 0 aliphatic carbocycles. The molecule has 78 valence electrons. The zero-order chi connectivity index (χ0) is 11.0. The molecular formula is C8H5Cl2N3O2. The maximum Gasteiger partial charge on any atom is 0.356 e. The SMILES string of the molecule is COC(=O)C1=N[C@@H]2N=C(Cl)N=C(Cl)C2=C1. The van der Waals surface area contributed by atoms with E-state index in [4.69, 9.17) is 23.2 Å². The summed E-state index contributed by atoms with van der Waals surface area (Å²) < 4.78 is 4.52. The average molecular weight is 246 g/mol. The van der Waals surface area contributed by atoms with E-state index in [2.05, 4.69) is 19.7 Å². The summed E-state index contributed by atoms with van der Waals surface area (Å²) in [6.07, 6.45) is 0.923. The van der Waals surface area contributed by atoms with E-state index >= 15 is 0 Å². The molecule has 15 heavy (non-hydrogen) atoms. The summed E-state index contributed by atoms with van der Waals surface area (Å²) in [4.78, 5) is 22.8. The van der Waals surface area contributed by atoms with Gasteiger partial charge in [-0.05, 0) is 17.7 Å². The first kappa shape index (κ1) is 10.3. The van der Waals surface area contributed by atoms with E-state index in [-0.39, 0.29) is 16.2 Å². The molecule has 0 aromatic rings. The largest absolute Gasteiger partial charge is 0.464 e. The smallest absolute Gasteiger partial charge is 0.356 e. The number of carbonyl (C=O) groups is 1. The van der Waals surface area contributed by atoms with Crippen molar-refractivity contribution in [3.05, 3.63) is 11.6 Å². The van der Waals surface area contributed by atoms with Crippen molar-refractivity contribution in [2.75, 3.05) is 7.11 Å². The maximum absolute atomic E-state index is 11.2. The number of hydrogen-bond donors (Lipinski definition) is 0. The molecule has 5 nitrogen and oxygen atoms in total. The number of methoxy groups -OCH3 is 1. The van der Waals surface area contributed by atoms with Gasteiger partial charge in [0.15, 0.2) is 6.17 Å². The number of rotatable bonds is 1. The van der Waals surface area contributed by atoms with Crippen molar-refractivity contribution in [1.82, 2.24) is 0 Å². The van der Waals surface area contributed by atoms with E-state index in [1.54, 1.807) is 0 Å². The molecular weight excluding hydrogens is 241 g/mol. The fraction of sp³-hybridized carbons (Fsp3) is 0.250. The van der Waals surface area contributed by atoms with Crippen LogP contribution < -0.4 is 0 Å². The molecule has 0 aromatic heterocycles. The molecule has 2 aliphatic rings. The Hall–Kier alpha value is -1.20. The second-order valence-electron chi connectivity index (χ2n) is 2.78. The number of amidine groups is 1. The van der Waals surface area contributed by atoms with Crippen LogP contribution in [0.3, 0.4) is 0 Å². The summed E-state index contributed by atoms with van der Waals surface area (Å²) >= 11 is 11.4. The van der Waals surface area contributed by atoms with Gasteiger partial charge in [0.25, 0.3) is 0 Å². The van der Waals surface area contributed by atoms with Gasteiger partial charge < -0.3 is 4.74 Å². The lowest BCUT2D eigenvalue weighted by Crippen LogP contribution is -2.14. The van der Waals surface area contributed by atoms with Crippen LogP contribution in [0.25, 0.3) is 0 Å². The van der Waals surface area contributed by atoms with Gasteiger partial charge in [-0.3, -0.25) is 0 Å². The van der Waals surface area contributed by atoms with E-state index < -0.39 is 12.1 Å². The third-order valence-corrected chi connectivity index (χ3v) is 2.37. The van der Waals surface area contributed by atoms with Crippen LogP contribution in [0.2, 0.25) is 0 Å². The molecule has 0 aromatic carbocycles. The van der Waals surface area contributed by atoms with Crippen LogP contribution in [0.1, 0.15) is 0 Å². The minimum absolute atomic E-state index is 0.0250. The molecule has 0 unspecified atom stereocenters. The van der Waals surface area contributed by atoms with Crippen molar-refractivity contribution in [1.29, 1.82) is 0 Å². The molecule has 0 amide bonds. The van der Waals surface area contributed by atoms with Gasteiger partial charge in [0.1, 0.15) is 10.9 Å². The molecule has 0 saturated heterocycles. The number of aliphatic imine (C=N–C) groups is 3. The first-order valence-corrected chi connectivity index (χ1v) is 4.73. The van der Waals surface area contributed by atoms with Crippen molar-refractivity contribution in [2.45, 2.75) is 6.17 Å². The number of ether oxygens (including phenoxy) is 1. The van der Waals surface area contributed by atoms with E-state index in [1.807, 2.05) is 0 Å². The fourth-order valence-corrected chi connectivity index (χ4v) is 1.67. The Balaban J connectivity index is 2.36. The molecule has 0 spiro atoms. The van der Waals surface area contributed by atoms with Crippen LogP contribution in [-0.4, -0.2) is 35.4 Å². The number of hydrogen-bond acceptors (Lipinski definition) is 5. The lowest BCUT2D eigenvalue weighted by molar-refractivity contribution is -0.132. The third kappa shape index (κ3) is 1.80. The second-order valence-corrected chi connectivity index (χ2v) is 3.48. The number of nitrogens with zero attached hydrogens (tertiary/aromatic N) is 3. The molecule has 2 aliphatic heterocycles. The van der Waals surface area contributed by atoms with Crippen molar-refractivity contribution in [3.8, 4) is 0 Å². The Morgan fingerprint density at radius 3 is 2.87 bits per heavy atom. The van der Waals surface area contributed by atoms with Crippen LogP contribution in [0.15, 0.2) is 26.6 Å². The Morgan fingerprint density at radius 1 is 1.47 bits per heavy atom. The third-order valence-electron chi connectivity index (χ3n) is 1.88. The highest BCUT2D eigenvalue weighted by Crippen LogP contribution is 2.24. The zero-order valence-corrected chi connectivity index (χ0v) is 9.08. The van der Waals surface area contributed by atoms with Gasteiger partial charge in [-0.15, -0.1) is 0 Å². The van der Waals surface area contributed by atoms with Crippen molar-refractivity contribution in [3.63, 3.8) is 0 Å². The Labute approximate surface area is 95.2 Å². The Morgan fingerprint density at radius 2 is 2.20 bits per heavy atom. The number of halogens is 2. The predicted octanol–water partition coefficient (Wildman–Crippen LogP) is 1.11. The lowest BCUT2D eigenvalue weighted by atomic mass is 10.2. The van der Waals surface area contributed by atoms with Gasteiger partial charge in [0.05, 0.1) is 7.11 Å². The normalized spacial score (nSPS) is 23.5. The standard InChI is InChI=1S/C8H5Cl2N3O2/c1-15-7(14)4-2-3-5(9)12-8(10)13-6(3)11-4/h2,6H,1H3/t6-/m1/s1. The number of fused-ring (bicyclic) bond motifs is 1. The quantitative estimate of drug-likeness (QED) is 0.514. The number of carbonyl (C=O) groups excluding carboxylic acids is 1. The highest BCUT2D eigenvalue weighted by atomic mass is 35.5. The summed E-state index contributed by atoms with van der Waals surface area (Å²) in [5.74, 6) is -0.535. The molecule has 2 heterocycles. The van der Waals surface area contributed by atoms with E-state index in [0.29, 0.717) is 5.57 Å². The van der Waals surface area contributed by atoms with E-state index in [9.17, 15) is 4.79 Å². The van der Waals surface area contributed by atoms with Crippen LogP contribution in [0.4, 0.5) is 0 Å². The highest BCUT2D eigenvalue weighted by Gasteiger charge is 2.29. The van der Waals surface area contributed by atoms with E-state index in [0.717, 1.165) is 0 Å². The monoisotopic (exact) mass is 245 g/mol.